The summed E-state index contributed by atoms with van der Waals surface area (Å²) in [7, 11) is 0. The highest BCUT2D eigenvalue weighted by Gasteiger charge is 2.27. The summed E-state index contributed by atoms with van der Waals surface area (Å²) in [6, 6.07) is 18.0. The van der Waals surface area contributed by atoms with Crippen molar-refractivity contribution < 1.29 is 4.79 Å². The van der Waals surface area contributed by atoms with Crippen LogP contribution in [0.2, 0.25) is 0 Å². The van der Waals surface area contributed by atoms with E-state index in [2.05, 4.69) is 0 Å². The van der Waals surface area contributed by atoms with Gasteiger partial charge in [0.2, 0.25) is 5.91 Å². The maximum atomic E-state index is 13.6. The Kier molecular flexibility index (Phi) is 5.96. The van der Waals surface area contributed by atoms with Crippen LogP contribution < -0.4 is 11.2 Å². The van der Waals surface area contributed by atoms with E-state index in [1.807, 2.05) is 61.5 Å². The van der Waals surface area contributed by atoms with Gasteiger partial charge in [0.25, 0.3) is 5.56 Å². The first-order chi connectivity index (χ1) is 16.4. The molecule has 0 bridgehead atoms. The van der Waals surface area contributed by atoms with Crippen molar-refractivity contribution in [3.63, 3.8) is 0 Å². The molecule has 5 rings (SSSR count). The number of amides is 1. The zero-order valence-corrected chi connectivity index (χ0v) is 20.2. The highest BCUT2D eigenvalue weighted by Crippen LogP contribution is 2.33. The molecule has 0 fully saturated rings. The van der Waals surface area contributed by atoms with Crippen molar-refractivity contribution in [2.24, 2.45) is 0 Å². The van der Waals surface area contributed by atoms with Crippen molar-refractivity contribution in [2.75, 3.05) is 6.54 Å². The number of benzene rings is 2. The van der Waals surface area contributed by atoms with Crippen molar-refractivity contribution in [3.05, 3.63) is 103 Å². The van der Waals surface area contributed by atoms with Crippen molar-refractivity contribution >= 4 is 27.5 Å². The van der Waals surface area contributed by atoms with E-state index >= 15 is 0 Å². The number of rotatable bonds is 5. The average molecular weight is 474 g/mol. The van der Waals surface area contributed by atoms with Gasteiger partial charge in [0.15, 0.2) is 0 Å². The van der Waals surface area contributed by atoms with Crippen LogP contribution >= 0.6 is 11.3 Å². The fraction of sp³-hybridized carbons (Fsp3) is 0.296. The molecule has 0 aliphatic carbocycles. The summed E-state index contributed by atoms with van der Waals surface area (Å²) in [6.45, 7) is 5.42. The Hall–Kier alpha value is -3.45. The van der Waals surface area contributed by atoms with Crippen LogP contribution in [0.1, 0.15) is 34.1 Å². The molecule has 3 heterocycles. The number of carbonyl (C=O) groups is 1. The number of hydrogen-bond acceptors (Lipinski definition) is 4. The summed E-state index contributed by atoms with van der Waals surface area (Å²) in [5.41, 5.74) is 3.75. The molecule has 2 aromatic carbocycles. The third-order valence-electron chi connectivity index (χ3n) is 6.58. The molecule has 0 N–H and O–H groups in total. The molecule has 0 saturated heterocycles. The van der Waals surface area contributed by atoms with E-state index in [0.717, 1.165) is 27.1 Å². The molecule has 0 saturated carbocycles. The Morgan fingerprint density at radius 2 is 1.71 bits per heavy atom. The van der Waals surface area contributed by atoms with E-state index < -0.39 is 0 Å². The highest BCUT2D eigenvalue weighted by molar-refractivity contribution is 7.18. The van der Waals surface area contributed by atoms with Gasteiger partial charge in [-0.15, -0.1) is 11.3 Å². The number of hydrogen-bond donors (Lipinski definition) is 0. The number of nitrogens with zero attached hydrogens (tertiary/aromatic N) is 3. The van der Waals surface area contributed by atoms with Gasteiger partial charge in [-0.2, -0.15) is 0 Å². The largest absolute Gasteiger partial charge is 0.337 e. The number of aryl methyl sites for hydroxylation is 2. The minimum atomic E-state index is -0.281. The average Bonchev–Trinajstić information content (AvgIpc) is 3.22. The Labute approximate surface area is 201 Å². The molecular weight excluding hydrogens is 446 g/mol. The lowest BCUT2D eigenvalue weighted by molar-refractivity contribution is -0.129. The summed E-state index contributed by atoms with van der Waals surface area (Å²) < 4.78 is 3.14. The molecule has 174 valence electrons. The van der Waals surface area contributed by atoms with E-state index in [-0.39, 0.29) is 17.2 Å². The number of thiophene rings is 1. The van der Waals surface area contributed by atoms with Crippen LogP contribution in [0.5, 0.6) is 0 Å². The molecule has 4 aromatic rings. The molecule has 0 radical (unpaired) electrons. The quantitative estimate of drug-likeness (QED) is 0.444. The van der Waals surface area contributed by atoms with Crippen LogP contribution in [0.3, 0.4) is 0 Å². The second-order valence-corrected chi connectivity index (χ2v) is 10.0. The van der Waals surface area contributed by atoms with Gasteiger partial charge in [-0.05, 0) is 36.5 Å². The van der Waals surface area contributed by atoms with Gasteiger partial charge in [-0.3, -0.25) is 18.7 Å². The zero-order chi connectivity index (χ0) is 23.8. The van der Waals surface area contributed by atoms with Crippen molar-refractivity contribution in [3.8, 4) is 0 Å². The van der Waals surface area contributed by atoms with Crippen LogP contribution in [0.15, 0.2) is 64.2 Å². The molecule has 1 aliphatic heterocycles. The first-order valence-corrected chi connectivity index (χ1v) is 12.4. The molecule has 1 aliphatic rings. The van der Waals surface area contributed by atoms with Crippen LogP contribution in [0, 0.1) is 6.92 Å². The maximum Gasteiger partial charge on any atom is 0.332 e. The normalized spacial score (nSPS) is 13.3. The molecule has 0 atom stereocenters. The van der Waals surface area contributed by atoms with Gasteiger partial charge >= 0.3 is 5.69 Å². The van der Waals surface area contributed by atoms with E-state index in [1.54, 1.807) is 16.4 Å². The first kappa shape index (κ1) is 22.3. The zero-order valence-electron chi connectivity index (χ0n) is 19.4. The minimum Gasteiger partial charge on any atom is -0.337 e. The number of carbonyl (C=O) groups excluding carboxylic acids is 1. The lowest BCUT2D eigenvalue weighted by Gasteiger charge is -2.25. The summed E-state index contributed by atoms with van der Waals surface area (Å²) in [4.78, 5) is 42.8. The Bertz CT molecular complexity index is 1480. The van der Waals surface area contributed by atoms with Gasteiger partial charge in [-0.1, -0.05) is 60.2 Å². The van der Waals surface area contributed by atoms with Crippen molar-refractivity contribution in [2.45, 2.75) is 46.3 Å². The first-order valence-electron chi connectivity index (χ1n) is 11.5. The van der Waals surface area contributed by atoms with E-state index in [0.29, 0.717) is 49.2 Å². The van der Waals surface area contributed by atoms with Gasteiger partial charge in [0.1, 0.15) is 4.83 Å². The molecule has 0 spiro atoms. The van der Waals surface area contributed by atoms with Gasteiger partial charge in [0.05, 0.1) is 18.5 Å². The van der Waals surface area contributed by atoms with Crippen LogP contribution in [-0.2, 0) is 37.3 Å². The van der Waals surface area contributed by atoms with Gasteiger partial charge in [-0.25, -0.2) is 4.79 Å². The predicted molar refractivity (Wildman–Crippen MR) is 136 cm³/mol. The number of aromatic nitrogens is 2. The van der Waals surface area contributed by atoms with E-state index in [9.17, 15) is 14.4 Å². The third kappa shape index (κ3) is 4.12. The summed E-state index contributed by atoms with van der Waals surface area (Å²) >= 11 is 1.48. The summed E-state index contributed by atoms with van der Waals surface area (Å²) in [6.07, 6.45) is 1.24. The second kappa shape index (κ2) is 9.06. The molecular formula is C27H27N3O3S. The summed E-state index contributed by atoms with van der Waals surface area (Å²) in [5, 5.41) is 0.642. The molecule has 2 aromatic heterocycles. The topological polar surface area (TPSA) is 64.3 Å². The molecule has 34 heavy (non-hydrogen) atoms. The molecule has 6 nitrogen and oxygen atoms in total. The van der Waals surface area contributed by atoms with Crippen LogP contribution in [-0.4, -0.2) is 26.5 Å². The Morgan fingerprint density at radius 1 is 0.971 bits per heavy atom. The van der Waals surface area contributed by atoms with Crippen LogP contribution in [0.25, 0.3) is 10.2 Å². The monoisotopic (exact) mass is 473 g/mol. The molecule has 7 heteroatoms. The SMILES string of the molecule is CC(=O)N1CCc2c(sc3c2c(=O)n(CCc2ccccc2)c(=O)n3Cc2ccc(C)cc2)C1. The smallest absolute Gasteiger partial charge is 0.332 e. The van der Waals surface area contributed by atoms with E-state index in [4.69, 9.17) is 0 Å². The Morgan fingerprint density at radius 3 is 2.41 bits per heavy atom. The fourth-order valence-electron chi connectivity index (χ4n) is 4.62. The maximum absolute atomic E-state index is 13.6. The van der Waals surface area contributed by atoms with E-state index in [1.165, 1.54) is 15.9 Å². The lowest BCUT2D eigenvalue weighted by atomic mass is 10.1. The van der Waals surface area contributed by atoms with Gasteiger partial charge < -0.3 is 4.90 Å². The lowest BCUT2D eigenvalue weighted by Crippen LogP contribution is -2.41. The standard InChI is InChI=1S/C27H27N3O3S/c1-18-8-10-21(11-9-18)16-30-26-24(22-13-14-28(19(2)31)17-23(22)34-26)25(32)29(27(30)33)15-12-20-6-4-3-5-7-20/h3-11H,12-17H2,1-2H3. The molecule has 1 amide bonds. The highest BCUT2D eigenvalue weighted by atomic mass is 32.1. The minimum absolute atomic E-state index is 0.0282. The summed E-state index contributed by atoms with van der Waals surface area (Å²) in [5.74, 6) is 0.0282. The van der Waals surface area contributed by atoms with Crippen LogP contribution in [0.4, 0.5) is 0 Å². The second-order valence-electron chi connectivity index (χ2n) is 8.92. The van der Waals surface area contributed by atoms with Crippen molar-refractivity contribution in [1.29, 1.82) is 0 Å². The fourth-order valence-corrected chi connectivity index (χ4v) is 5.97. The predicted octanol–water partition coefficient (Wildman–Crippen LogP) is 3.73. The number of fused-ring (bicyclic) bond motifs is 3. The Balaban J connectivity index is 1.65. The van der Waals surface area contributed by atoms with Gasteiger partial charge in [0, 0.05) is 24.9 Å². The van der Waals surface area contributed by atoms with Crippen molar-refractivity contribution in [1.82, 2.24) is 14.0 Å². The third-order valence-corrected chi connectivity index (χ3v) is 7.82. The molecule has 0 unspecified atom stereocenters.